The molecule has 0 aliphatic carbocycles. The lowest BCUT2D eigenvalue weighted by Crippen LogP contribution is -2.17. The van der Waals surface area contributed by atoms with Crippen LogP contribution in [0.5, 0.6) is 0 Å². The van der Waals surface area contributed by atoms with Crippen LogP contribution in [0, 0.1) is 11.3 Å². The zero-order valence-electron chi connectivity index (χ0n) is 13.6. The summed E-state index contributed by atoms with van der Waals surface area (Å²) >= 11 is 0. The summed E-state index contributed by atoms with van der Waals surface area (Å²) in [5.41, 5.74) is 2.50. The highest BCUT2D eigenvalue weighted by atomic mass is 16.5. The fourth-order valence-electron chi connectivity index (χ4n) is 2.97. The van der Waals surface area contributed by atoms with Crippen molar-refractivity contribution in [3.63, 3.8) is 0 Å². The maximum absolute atomic E-state index is 9.57. The third kappa shape index (κ3) is 3.07. The van der Waals surface area contributed by atoms with Gasteiger partial charge < -0.3 is 14.8 Å². The quantitative estimate of drug-likeness (QED) is 0.877. The molecule has 0 spiro atoms. The van der Waals surface area contributed by atoms with Gasteiger partial charge in [-0.25, -0.2) is 4.99 Å². The number of benzene rings is 2. The van der Waals surface area contributed by atoms with Crippen molar-refractivity contribution in [3.8, 4) is 6.07 Å². The molecule has 0 bridgehead atoms. The van der Waals surface area contributed by atoms with Crippen LogP contribution in [0.2, 0.25) is 0 Å². The number of ether oxygens (including phenoxy) is 2. The first-order valence-corrected chi connectivity index (χ1v) is 8.19. The second-order valence-electron chi connectivity index (χ2n) is 5.91. The number of nitrogens with one attached hydrogen (secondary N) is 1. The molecule has 2 aliphatic heterocycles. The molecule has 5 heteroatoms. The smallest absolute Gasteiger partial charge is 0.233 e. The van der Waals surface area contributed by atoms with Crippen LogP contribution in [0.3, 0.4) is 0 Å². The molecule has 2 heterocycles. The van der Waals surface area contributed by atoms with Crippen LogP contribution in [0.4, 0.5) is 0 Å². The van der Waals surface area contributed by atoms with Gasteiger partial charge in [-0.1, -0.05) is 60.7 Å². The lowest BCUT2D eigenvalue weighted by atomic mass is 10.1. The third-order valence-electron chi connectivity index (χ3n) is 4.29. The summed E-state index contributed by atoms with van der Waals surface area (Å²) in [5, 5.41) is 12.8. The highest BCUT2D eigenvalue weighted by Crippen LogP contribution is 2.28. The van der Waals surface area contributed by atoms with Gasteiger partial charge in [-0.05, 0) is 11.1 Å². The summed E-state index contributed by atoms with van der Waals surface area (Å²) in [6.07, 6.45) is 0. The molecule has 1 N–H and O–H groups in total. The number of aliphatic imine (C=N–C) groups is 1. The molecule has 2 aromatic rings. The molecule has 2 aromatic carbocycles. The summed E-state index contributed by atoms with van der Waals surface area (Å²) in [4.78, 5) is 4.57. The highest BCUT2D eigenvalue weighted by Gasteiger charge is 2.30. The molecule has 0 aromatic heterocycles. The van der Waals surface area contributed by atoms with E-state index in [1.807, 2.05) is 60.7 Å². The van der Waals surface area contributed by atoms with E-state index < -0.39 is 0 Å². The molecule has 5 nitrogen and oxygen atoms in total. The fourth-order valence-corrected chi connectivity index (χ4v) is 2.97. The minimum absolute atomic E-state index is 0.0199. The van der Waals surface area contributed by atoms with Crippen LogP contribution >= 0.6 is 0 Å². The monoisotopic (exact) mass is 331 g/mol. The van der Waals surface area contributed by atoms with Crippen LogP contribution < -0.4 is 5.32 Å². The summed E-state index contributed by atoms with van der Waals surface area (Å²) in [6.45, 7) is 0.903. The maximum Gasteiger partial charge on any atom is 0.233 e. The van der Waals surface area contributed by atoms with Gasteiger partial charge in [0.25, 0.3) is 0 Å². The molecule has 0 amide bonds. The molecule has 4 rings (SSSR count). The van der Waals surface area contributed by atoms with Crippen molar-refractivity contribution in [2.24, 2.45) is 4.99 Å². The van der Waals surface area contributed by atoms with Gasteiger partial charge in [-0.2, -0.15) is 5.26 Å². The normalized spacial score (nSPS) is 23.7. The van der Waals surface area contributed by atoms with Crippen molar-refractivity contribution in [2.75, 3.05) is 13.2 Å². The average molecular weight is 331 g/mol. The number of rotatable bonds is 3. The van der Waals surface area contributed by atoms with E-state index in [1.54, 1.807) is 0 Å². The minimum atomic E-state index is -0.0912. The molecule has 0 saturated carbocycles. The van der Waals surface area contributed by atoms with Crippen molar-refractivity contribution in [3.05, 3.63) is 83.2 Å². The molecule has 0 unspecified atom stereocenters. The topological polar surface area (TPSA) is 66.6 Å². The number of hydrogen-bond acceptors (Lipinski definition) is 5. The molecule has 2 aliphatic rings. The molecule has 2 atom stereocenters. The van der Waals surface area contributed by atoms with Crippen LogP contribution in [-0.2, 0) is 9.47 Å². The lowest BCUT2D eigenvalue weighted by Gasteiger charge is -2.08. The second-order valence-corrected chi connectivity index (χ2v) is 5.91. The number of nitriles is 1. The van der Waals surface area contributed by atoms with Crippen LogP contribution in [0.15, 0.2) is 77.1 Å². The first kappa shape index (κ1) is 15.3. The third-order valence-corrected chi connectivity index (χ3v) is 4.29. The molecule has 0 radical (unpaired) electrons. The van der Waals surface area contributed by atoms with Gasteiger partial charge in [-0.15, -0.1) is 0 Å². The van der Waals surface area contributed by atoms with Crippen molar-refractivity contribution >= 4 is 5.90 Å². The van der Waals surface area contributed by atoms with E-state index >= 15 is 0 Å². The molecule has 124 valence electrons. The Bertz CT molecular complexity index is 854. The summed E-state index contributed by atoms with van der Waals surface area (Å²) in [6, 6.07) is 22.0. The van der Waals surface area contributed by atoms with Crippen LogP contribution in [0.25, 0.3) is 0 Å². The summed E-state index contributed by atoms with van der Waals surface area (Å²) < 4.78 is 11.4. The largest absolute Gasteiger partial charge is 0.476 e. The Labute approximate surface area is 146 Å². The Morgan fingerprint density at radius 2 is 1.64 bits per heavy atom. The van der Waals surface area contributed by atoms with Crippen molar-refractivity contribution in [1.82, 2.24) is 5.32 Å². The minimum Gasteiger partial charge on any atom is -0.476 e. The van der Waals surface area contributed by atoms with Gasteiger partial charge >= 0.3 is 0 Å². The van der Waals surface area contributed by atoms with Crippen molar-refractivity contribution in [2.45, 2.75) is 12.1 Å². The standard InChI is InChI=1S/C20H17N3O2/c21-11-16(19-22-17(12-24-19)14-7-3-1-4-8-14)20-23-18(13-25-20)15-9-5-2-6-10-15/h1-10,17-18,22H,12-13H2/b19-16-/t17-,18-/m1/s1. The Morgan fingerprint density at radius 3 is 2.32 bits per heavy atom. The molecule has 25 heavy (non-hydrogen) atoms. The zero-order chi connectivity index (χ0) is 17.1. The maximum atomic E-state index is 9.57. The first-order chi connectivity index (χ1) is 12.3. The van der Waals surface area contributed by atoms with E-state index in [0.29, 0.717) is 30.6 Å². The Kier molecular flexibility index (Phi) is 4.09. The van der Waals surface area contributed by atoms with E-state index in [-0.39, 0.29) is 12.1 Å². The number of nitrogens with zero attached hydrogens (tertiary/aromatic N) is 2. The molecular weight excluding hydrogens is 314 g/mol. The van der Waals surface area contributed by atoms with Gasteiger partial charge in [0.15, 0.2) is 5.57 Å². The lowest BCUT2D eigenvalue weighted by molar-refractivity contribution is 0.251. The predicted molar refractivity (Wildman–Crippen MR) is 93.5 cm³/mol. The average Bonchev–Trinajstić information content (AvgIpc) is 3.35. The SMILES string of the molecule is N#C/C(C1=N[C@@H](c2ccccc2)CO1)=C1\N[C@@H](c2ccccc2)CO1. The molecule has 1 saturated heterocycles. The van der Waals surface area contributed by atoms with E-state index in [0.717, 1.165) is 11.1 Å². The Balaban J connectivity index is 1.57. The Morgan fingerprint density at radius 1 is 0.960 bits per heavy atom. The molecular formula is C20H17N3O2. The van der Waals surface area contributed by atoms with E-state index in [9.17, 15) is 5.26 Å². The highest BCUT2D eigenvalue weighted by molar-refractivity contribution is 5.98. The van der Waals surface area contributed by atoms with Gasteiger partial charge in [0, 0.05) is 0 Å². The summed E-state index contributed by atoms with van der Waals surface area (Å²) in [7, 11) is 0. The zero-order valence-corrected chi connectivity index (χ0v) is 13.6. The van der Waals surface area contributed by atoms with E-state index in [1.165, 1.54) is 0 Å². The summed E-state index contributed by atoms with van der Waals surface area (Å²) in [5.74, 6) is 0.774. The van der Waals surface area contributed by atoms with Crippen LogP contribution in [0.1, 0.15) is 23.2 Å². The van der Waals surface area contributed by atoms with Gasteiger partial charge in [0.05, 0.1) is 6.04 Å². The van der Waals surface area contributed by atoms with Gasteiger partial charge in [0.2, 0.25) is 11.8 Å². The van der Waals surface area contributed by atoms with Gasteiger partial charge in [0.1, 0.15) is 25.3 Å². The van der Waals surface area contributed by atoms with Crippen molar-refractivity contribution < 1.29 is 9.47 Å². The van der Waals surface area contributed by atoms with E-state index in [2.05, 4.69) is 16.4 Å². The van der Waals surface area contributed by atoms with Crippen LogP contribution in [-0.4, -0.2) is 19.1 Å². The fraction of sp³-hybridized carbons (Fsp3) is 0.200. The van der Waals surface area contributed by atoms with Crippen molar-refractivity contribution in [1.29, 1.82) is 5.26 Å². The van der Waals surface area contributed by atoms with E-state index in [4.69, 9.17) is 9.47 Å². The first-order valence-electron chi connectivity index (χ1n) is 8.19. The number of hydrogen-bond donors (Lipinski definition) is 1. The van der Waals surface area contributed by atoms with Gasteiger partial charge in [-0.3, -0.25) is 0 Å². The predicted octanol–water partition coefficient (Wildman–Crippen LogP) is 3.25. The molecule has 1 fully saturated rings. The Hall–Kier alpha value is -3.26. The second kappa shape index (κ2) is 6.70.